The molecule has 20 heavy (non-hydrogen) atoms. The summed E-state index contributed by atoms with van der Waals surface area (Å²) in [6.45, 7) is 7.11. The zero-order valence-electron chi connectivity index (χ0n) is 12.9. The van der Waals surface area contributed by atoms with E-state index in [1.54, 1.807) is 7.11 Å². The quantitative estimate of drug-likeness (QED) is 0.909. The smallest absolute Gasteiger partial charge is 0.123 e. The van der Waals surface area contributed by atoms with Crippen molar-refractivity contribution in [2.45, 2.75) is 33.4 Å². The molecule has 0 spiro atoms. The number of aryl methyl sites for hydroxylation is 1. The van der Waals surface area contributed by atoms with Gasteiger partial charge in [0.25, 0.3) is 0 Å². The van der Waals surface area contributed by atoms with Crippen molar-refractivity contribution in [1.82, 2.24) is 15.1 Å². The van der Waals surface area contributed by atoms with Crippen molar-refractivity contribution in [3.05, 3.63) is 35.7 Å². The number of benzene rings is 1. The average molecular weight is 273 g/mol. The summed E-state index contributed by atoms with van der Waals surface area (Å²) in [5.41, 5.74) is 4.57. The first-order valence-corrected chi connectivity index (χ1v) is 6.94. The van der Waals surface area contributed by atoms with Gasteiger partial charge in [0, 0.05) is 29.9 Å². The van der Waals surface area contributed by atoms with Crippen LogP contribution in [0.4, 0.5) is 0 Å². The first kappa shape index (κ1) is 14.6. The van der Waals surface area contributed by atoms with E-state index in [0.29, 0.717) is 6.04 Å². The molecule has 1 N–H and O–H groups in total. The molecule has 4 heteroatoms. The van der Waals surface area contributed by atoms with Crippen LogP contribution in [0.1, 0.15) is 31.1 Å². The van der Waals surface area contributed by atoms with Gasteiger partial charge in [-0.05, 0) is 45.5 Å². The van der Waals surface area contributed by atoms with Crippen LogP contribution in [0.25, 0.3) is 11.1 Å². The summed E-state index contributed by atoms with van der Waals surface area (Å²) in [6, 6.07) is 6.66. The monoisotopic (exact) mass is 273 g/mol. The fraction of sp³-hybridized carbons (Fsp3) is 0.438. The van der Waals surface area contributed by atoms with Crippen LogP contribution in [0.2, 0.25) is 0 Å². The average Bonchev–Trinajstić information content (AvgIpc) is 2.81. The van der Waals surface area contributed by atoms with Crippen molar-refractivity contribution in [1.29, 1.82) is 0 Å². The van der Waals surface area contributed by atoms with E-state index < -0.39 is 0 Å². The maximum absolute atomic E-state index is 5.40. The van der Waals surface area contributed by atoms with Crippen LogP contribution < -0.4 is 10.1 Å². The van der Waals surface area contributed by atoms with Crippen LogP contribution >= 0.6 is 0 Å². The standard InChI is InChI=1S/C16H23N3O/c1-11(2)19-10-15(12(3)18-19)13-6-7-16(20-5)14(8-13)9-17-4/h6-8,10-11,17H,9H2,1-5H3. The molecule has 0 amide bonds. The molecule has 1 aromatic heterocycles. The molecule has 1 aromatic carbocycles. The van der Waals surface area contributed by atoms with Crippen LogP contribution in [0, 0.1) is 6.92 Å². The second-order valence-corrected chi connectivity index (χ2v) is 5.26. The third-order valence-electron chi connectivity index (χ3n) is 3.40. The van der Waals surface area contributed by atoms with Crippen molar-refractivity contribution in [2.24, 2.45) is 0 Å². The number of aromatic nitrogens is 2. The van der Waals surface area contributed by atoms with E-state index in [-0.39, 0.29) is 0 Å². The van der Waals surface area contributed by atoms with Crippen molar-refractivity contribution < 1.29 is 4.74 Å². The van der Waals surface area contributed by atoms with Gasteiger partial charge in [-0.3, -0.25) is 4.68 Å². The zero-order valence-corrected chi connectivity index (χ0v) is 12.9. The lowest BCUT2D eigenvalue weighted by Crippen LogP contribution is -2.06. The Labute approximate surface area is 120 Å². The number of hydrogen-bond acceptors (Lipinski definition) is 3. The third kappa shape index (κ3) is 2.85. The van der Waals surface area contributed by atoms with E-state index in [0.717, 1.165) is 23.6 Å². The molecule has 0 atom stereocenters. The molecule has 0 saturated heterocycles. The summed E-state index contributed by atoms with van der Waals surface area (Å²) in [6.07, 6.45) is 2.12. The Morgan fingerprint density at radius 2 is 2.10 bits per heavy atom. The molecule has 0 radical (unpaired) electrons. The van der Waals surface area contributed by atoms with Gasteiger partial charge in [0.2, 0.25) is 0 Å². The molecule has 0 saturated carbocycles. The van der Waals surface area contributed by atoms with Gasteiger partial charge in [-0.15, -0.1) is 0 Å². The minimum absolute atomic E-state index is 0.373. The molecule has 0 aliphatic heterocycles. The predicted molar refractivity (Wildman–Crippen MR) is 82.1 cm³/mol. The van der Waals surface area contributed by atoms with Gasteiger partial charge >= 0.3 is 0 Å². The van der Waals surface area contributed by atoms with E-state index in [2.05, 4.69) is 49.5 Å². The predicted octanol–water partition coefficient (Wildman–Crippen LogP) is 3.17. The van der Waals surface area contributed by atoms with Gasteiger partial charge in [-0.25, -0.2) is 0 Å². The summed E-state index contributed by atoms with van der Waals surface area (Å²) in [7, 11) is 3.64. The number of rotatable bonds is 5. The molecule has 0 aliphatic carbocycles. The number of nitrogens with zero attached hydrogens (tertiary/aromatic N) is 2. The van der Waals surface area contributed by atoms with Gasteiger partial charge in [0.15, 0.2) is 0 Å². The largest absolute Gasteiger partial charge is 0.496 e. The molecule has 0 fully saturated rings. The minimum atomic E-state index is 0.373. The number of ether oxygens (including phenoxy) is 1. The highest BCUT2D eigenvalue weighted by atomic mass is 16.5. The molecule has 0 aliphatic rings. The summed E-state index contributed by atoms with van der Waals surface area (Å²) in [4.78, 5) is 0. The van der Waals surface area contributed by atoms with E-state index in [1.807, 2.05) is 17.8 Å². The number of hydrogen-bond donors (Lipinski definition) is 1. The second kappa shape index (κ2) is 6.09. The molecular formula is C16H23N3O. The highest BCUT2D eigenvalue weighted by Crippen LogP contribution is 2.29. The Bertz CT molecular complexity index is 587. The summed E-state index contributed by atoms with van der Waals surface area (Å²) >= 11 is 0. The van der Waals surface area contributed by atoms with Gasteiger partial charge in [0.1, 0.15) is 5.75 Å². The van der Waals surface area contributed by atoms with Gasteiger partial charge < -0.3 is 10.1 Å². The summed E-state index contributed by atoms with van der Waals surface area (Å²) < 4.78 is 7.41. The number of nitrogens with one attached hydrogen (secondary N) is 1. The Kier molecular flexibility index (Phi) is 4.45. The van der Waals surface area contributed by atoms with Gasteiger partial charge in [-0.2, -0.15) is 5.10 Å². The van der Waals surface area contributed by atoms with Crippen LogP contribution in [-0.4, -0.2) is 23.9 Å². The fourth-order valence-corrected chi connectivity index (χ4v) is 2.30. The Morgan fingerprint density at radius 1 is 1.35 bits per heavy atom. The lowest BCUT2D eigenvalue weighted by Gasteiger charge is -2.10. The van der Waals surface area contributed by atoms with Crippen molar-refractivity contribution >= 4 is 0 Å². The Hall–Kier alpha value is -1.81. The van der Waals surface area contributed by atoms with Gasteiger partial charge in [0.05, 0.1) is 12.8 Å². The Morgan fingerprint density at radius 3 is 2.65 bits per heavy atom. The fourth-order valence-electron chi connectivity index (χ4n) is 2.30. The summed E-state index contributed by atoms with van der Waals surface area (Å²) in [5.74, 6) is 0.914. The highest BCUT2D eigenvalue weighted by molar-refractivity contribution is 5.67. The SMILES string of the molecule is CNCc1cc(-c2cn(C(C)C)nc2C)ccc1OC. The molecule has 1 heterocycles. The van der Waals surface area contributed by atoms with E-state index in [1.165, 1.54) is 11.1 Å². The van der Waals surface area contributed by atoms with Gasteiger partial charge in [-0.1, -0.05) is 6.07 Å². The first-order valence-electron chi connectivity index (χ1n) is 6.94. The topological polar surface area (TPSA) is 39.1 Å². The molecule has 4 nitrogen and oxygen atoms in total. The zero-order chi connectivity index (χ0) is 14.7. The van der Waals surface area contributed by atoms with E-state index in [9.17, 15) is 0 Å². The molecule has 2 rings (SSSR count). The molecule has 108 valence electrons. The van der Waals surface area contributed by atoms with Crippen LogP contribution in [-0.2, 0) is 6.54 Å². The van der Waals surface area contributed by atoms with Crippen molar-refractivity contribution in [3.63, 3.8) is 0 Å². The van der Waals surface area contributed by atoms with Crippen LogP contribution in [0.3, 0.4) is 0 Å². The van der Waals surface area contributed by atoms with E-state index in [4.69, 9.17) is 4.74 Å². The highest BCUT2D eigenvalue weighted by Gasteiger charge is 2.11. The van der Waals surface area contributed by atoms with Crippen LogP contribution in [0.15, 0.2) is 24.4 Å². The lowest BCUT2D eigenvalue weighted by atomic mass is 10.0. The maximum atomic E-state index is 5.40. The van der Waals surface area contributed by atoms with Crippen molar-refractivity contribution in [3.8, 4) is 16.9 Å². The lowest BCUT2D eigenvalue weighted by molar-refractivity contribution is 0.408. The van der Waals surface area contributed by atoms with Crippen LogP contribution in [0.5, 0.6) is 5.75 Å². The summed E-state index contributed by atoms with van der Waals surface area (Å²) in [5, 5.41) is 7.75. The maximum Gasteiger partial charge on any atom is 0.123 e. The molecule has 0 bridgehead atoms. The minimum Gasteiger partial charge on any atom is -0.496 e. The first-order chi connectivity index (χ1) is 9.56. The molecule has 2 aromatic rings. The Balaban J connectivity index is 2.44. The third-order valence-corrected chi connectivity index (χ3v) is 3.40. The second-order valence-electron chi connectivity index (χ2n) is 5.26. The molecular weight excluding hydrogens is 250 g/mol. The van der Waals surface area contributed by atoms with Crippen molar-refractivity contribution in [2.75, 3.05) is 14.2 Å². The normalized spacial score (nSPS) is 11.1. The van der Waals surface area contributed by atoms with E-state index >= 15 is 0 Å². The molecule has 0 unspecified atom stereocenters. The number of methoxy groups -OCH3 is 1.